The quantitative estimate of drug-likeness (QED) is 0.646. The van der Waals surface area contributed by atoms with Crippen molar-refractivity contribution in [2.75, 3.05) is 20.3 Å². The predicted molar refractivity (Wildman–Crippen MR) is 70.7 cm³/mol. The van der Waals surface area contributed by atoms with Gasteiger partial charge in [-0.15, -0.1) is 0 Å². The number of hydrogen-bond donors (Lipinski definition) is 2. The van der Waals surface area contributed by atoms with Gasteiger partial charge < -0.3 is 15.8 Å². The Bertz CT molecular complexity index is 208. The maximum atomic E-state index is 11.7. The molecule has 4 nitrogen and oxygen atoms in total. The highest BCUT2D eigenvalue weighted by atomic mass is 16.5. The highest BCUT2D eigenvalue weighted by Crippen LogP contribution is 2.09. The topological polar surface area (TPSA) is 64.3 Å². The largest absolute Gasteiger partial charge is 0.384 e. The van der Waals surface area contributed by atoms with E-state index in [0.29, 0.717) is 19.1 Å². The number of carbonyl (C=O) groups is 1. The van der Waals surface area contributed by atoms with Crippen LogP contribution in [-0.2, 0) is 9.53 Å². The molecular formula is C13H28N2O2. The van der Waals surface area contributed by atoms with Gasteiger partial charge in [-0.05, 0) is 25.7 Å². The standard InChI is InChI=1S/C13H28N2O2/c1-10(9-17-4)8-15-13(16)11(2)6-5-7-12(3)14/h10-12H,5-9,14H2,1-4H3,(H,15,16). The predicted octanol–water partition coefficient (Wildman–Crippen LogP) is 1.54. The minimum absolute atomic E-state index is 0.0727. The van der Waals surface area contributed by atoms with Gasteiger partial charge in [0.2, 0.25) is 5.91 Å². The van der Waals surface area contributed by atoms with E-state index in [4.69, 9.17) is 10.5 Å². The van der Waals surface area contributed by atoms with Crippen LogP contribution in [0.25, 0.3) is 0 Å². The average Bonchev–Trinajstić information content (AvgIpc) is 2.25. The number of amides is 1. The molecule has 0 fully saturated rings. The second-order valence-electron chi connectivity index (χ2n) is 5.11. The SMILES string of the molecule is COCC(C)CNC(=O)C(C)CCCC(C)N. The monoisotopic (exact) mass is 244 g/mol. The summed E-state index contributed by atoms with van der Waals surface area (Å²) in [6.45, 7) is 7.39. The highest BCUT2D eigenvalue weighted by Gasteiger charge is 2.13. The average molecular weight is 244 g/mol. The van der Waals surface area contributed by atoms with Crippen LogP contribution in [0.4, 0.5) is 0 Å². The molecule has 0 spiro atoms. The molecule has 0 aromatic rings. The van der Waals surface area contributed by atoms with Crippen molar-refractivity contribution < 1.29 is 9.53 Å². The normalized spacial score (nSPS) is 16.3. The lowest BCUT2D eigenvalue weighted by atomic mass is 10.0. The zero-order valence-corrected chi connectivity index (χ0v) is 11.7. The number of hydrogen-bond acceptors (Lipinski definition) is 3. The van der Waals surface area contributed by atoms with E-state index in [9.17, 15) is 4.79 Å². The molecular weight excluding hydrogens is 216 g/mol. The summed E-state index contributed by atoms with van der Waals surface area (Å²) in [5.74, 6) is 0.571. The first-order valence-corrected chi connectivity index (χ1v) is 6.49. The third-order valence-corrected chi connectivity index (χ3v) is 2.82. The molecule has 1 amide bonds. The van der Waals surface area contributed by atoms with Crippen LogP contribution in [0.15, 0.2) is 0 Å². The fourth-order valence-electron chi connectivity index (χ4n) is 1.67. The number of methoxy groups -OCH3 is 1. The molecule has 4 heteroatoms. The first-order chi connectivity index (χ1) is 7.97. The van der Waals surface area contributed by atoms with Gasteiger partial charge in [-0.3, -0.25) is 4.79 Å². The third kappa shape index (κ3) is 9.12. The van der Waals surface area contributed by atoms with E-state index in [0.717, 1.165) is 19.3 Å². The smallest absolute Gasteiger partial charge is 0.222 e. The van der Waals surface area contributed by atoms with Crippen molar-refractivity contribution in [2.45, 2.75) is 46.1 Å². The third-order valence-electron chi connectivity index (χ3n) is 2.82. The summed E-state index contributed by atoms with van der Waals surface area (Å²) >= 11 is 0. The molecule has 0 rings (SSSR count). The summed E-state index contributed by atoms with van der Waals surface area (Å²) in [5.41, 5.74) is 5.67. The summed E-state index contributed by atoms with van der Waals surface area (Å²) in [4.78, 5) is 11.7. The second kappa shape index (κ2) is 9.42. The minimum Gasteiger partial charge on any atom is -0.384 e. The van der Waals surface area contributed by atoms with Gasteiger partial charge in [-0.2, -0.15) is 0 Å². The van der Waals surface area contributed by atoms with Gasteiger partial charge in [-0.1, -0.05) is 20.3 Å². The molecule has 0 saturated heterocycles. The van der Waals surface area contributed by atoms with Gasteiger partial charge in [0.1, 0.15) is 0 Å². The van der Waals surface area contributed by atoms with Crippen LogP contribution in [0, 0.1) is 11.8 Å². The van der Waals surface area contributed by atoms with Gasteiger partial charge in [0, 0.05) is 25.6 Å². The summed E-state index contributed by atoms with van der Waals surface area (Å²) in [5, 5.41) is 2.95. The molecule has 3 N–H and O–H groups in total. The molecule has 0 aliphatic carbocycles. The summed E-state index contributed by atoms with van der Waals surface area (Å²) in [6, 6.07) is 0.229. The van der Waals surface area contributed by atoms with Crippen LogP contribution in [0.1, 0.15) is 40.0 Å². The Kier molecular flexibility index (Phi) is 9.09. The van der Waals surface area contributed by atoms with Crippen molar-refractivity contribution >= 4 is 5.91 Å². The van der Waals surface area contributed by atoms with Crippen molar-refractivity contribution in [3.8, 4) is 0 Å². The molecule has 0 heterocycles. The molecule has 0 bridgehead atoms. The molecule has 0 aromatic carbocycles. The molecule has 0 aromatic heterocycles. The van der Waals surface area contributed by atoms with Crippen molar-refractivity contribution in [3.63, 3.8) is 0 Å². The molecule has 0 saturated carbocycles. The molecule has 0 aliphatic heterocycles. The zero-order chi connectivity index (χ0) is 13.3. The fraction of sp³-hybridized carbons (Fsp3) is 0.923. The van der Waals surface area contributed by atoms with Crippen LogP contribution in [0.3, 0.4) is 0 Å². The minimum atomic E-state index is 0.0727. The van der Waals surface area contributed by atoms with E-state index >= 15 is 0 Å². The van der Waals surface area contributed by atoms with Crippen molar-refractivity contribution in [2.24, 2.45) is 17.6 Å². The lowest BCUT2D eigenvalue weighted by Gasteiger charge is -2.15. The van der Waals surface area contributed by atoms with E-state index < -0.39 is 0 Å². The molecule has 0 aliphatic rings. The zero-order valence-electron chi connectivity index (χ0n) is 11.7. The van der Waals surface area contributed by atoms with E-state index in [-0.39, 0.29) is 17.9 Å². The van der Waals surface area contributed by atoms with E-state index in [1.54, 1.807) is 7.11 Å². The van der Waals surface area contributed by atoms with Gasteiger partial charge in [0.25, 0.3) is 0 Å². The lowest BCUT2D eigenvalue weighted by Crippen LogP contribution is -2.33. The molecule has 17 heavy (non-hydrogen) atoms. The van der Waals surface area contributed by atoms with Gasteiger partial charge >= 0.3 is 0 Å². The van der Waals surface area contributed by atoms with Gasteiger partial charge in [-0.25, -0.2) is 0 Å². The van der Waals surface area contributed by atoms with Crippen LogP contribution < -0.4 is 11.1 Å². The fourth-order valence-corrected chi connectivity index (χ4v) is 1.67. The van der Waals surface area contributed by atoms with Gasteiger partial charge in [0.15, 0.2) is 0 Å². The molecule has 0 radical (unpaired) electrons. The van der Waals surface area contributed by atoms with E-state index in [1.165, 1.54) is 0 Å². The molecule has 3 atom stereocenters. The summed E-state index contributed by atoms with van der Waals surface area (Å²) < 4.78 is 5.02. The van der Waals surface area contributed by atoms with Crippen LogP contribution in [0.2, 0.25) is 0 Å². The number of rotatable bonds is 9. The van der Waals surface area contributed by atoms with Crippen LogP contribution >= 0.6 is 0 Å². The first kappa shape index (κ1) is 16.4. The van der Waals surface area contributed by atoms with E-state index in [1.807, 2.05) is 13.8 Å². The van der Waals surface area contributed by atoms with Crippen molar-refractivity contribution in [3.05, 3.63) is 0 Å². The Balaban J connectivity index is 3.67. The Morgan fingerprint density at radius 3 is 2.47 bits per heavy atom. The second-order valence-corrected chi connectivity index (χ2v) is 5.11. The molecule has 3 unspecified atom stereocenters. The van der Waals surface area contributed by atoms with Crippen LogP contribution in [0.5, 0.6) is 0 Å². The Labute approximate surface area is 105 Å². The van der Waals surface area contributed by atoms with Crippen molar-refractivity contribution in [1.82, 2.24) is 5.32 Å². The number of nitrogens with one attached hydrogen (secondary N) is 1. The maximum absolute atomic E-state index is 11.7. The first-order valence-electron chi connectivity index (χ1n) is 6.49. The lowest BCUT2D eigenvalue weighted by molar-refractivity contribution is -0.124. The number of carbonyl (C=O) groups excluding carboxylic acids is 1. The molecule has 102 valence electrons. The number of ether oxygens (including phenoxy) is 1. The van der Waals surface area contributed by atoms with E-state index in [2.05, 4.69) is 12.2 Å². The maximum Gasteiger partial charge on any atom is 0.222 e. The highest BCUT2D eigenvalue weighted by molar-refractivity contribution is 5.78. The summed E-state index contributed by atoms with van der Waals surface area (Å²) in [6.07, 6.45) is 2.91. The number of nitrogens with two attached hydrogens (primary N) is 1. The Morgan fingerprint density at radius 1 is 1.29 bits per heavy atom. The van der Waals surface area contributed by atoms with Crippen molar-refractivity contribution in [1.29, 1.82) is 0 Å². The van der Waals surface area contributed by atoms with Crippen LogP contribution in [-0.4, -0.2) is 32.2 Å². The summed E-state index contributed by atoms with van der Waals surface area (Å²) in [7, 11) is 1.68. The Hall–Kier alpha value is -0.610. The van der Waals surface area contributed by atoms with Gasteiger partial charge in [0.05, 0.1) is 6.61 Å². The Morgan fingerprint density at radius 2 is 1.94 bits per heavy atom.